The molecule has 102 valence electrons. The number of benzene rings is 2. The number of aryl methyl sites for hydroxylation is 1. The van der Waals surface area contributed by atoms with Crippen LogP contribution in [0.3, 0.4) is 0 Å². The number of nitrogens with one attached hydrogen (secondary N) is 1. The van der Waals surface area contributed by atoms with Crippen LogP contribution in [0.1, 0.15) is 28.4 Å². The lowest BCUT2D eigenvalue weighted by Crippen LogP contribution is -2.17. The van der Waals surface area contributed by atoms with E-state index in [1.165, 1.54) is 5.56 Å². The van der Waals surface area contributed by atoms with Crippen molar-refractivity contribution in [1.29, 1.82) is 0 Å². The molecule has 0 bridgehead atoms. The molecule has 0 radical (unpaired) electrons. The van der Waals surface area contributed by atoms with Crippen molar-refractivity contribution in [2.45, 2.75) is 13.3 Å². The molecule has 3 nitrogen and oxygen atoms in total. The molecule has 0 aromatic heterocycles. The lowest BCUT2D eigenvalue weighted by atomic mass is 10.1. The van der Waals surface area contributed by atoms with E-state index >= 15 is 0 Å². The molecule has 0 saturated heterocycles. The number of amides is 1. The topological polar surface area (TPSA) is 41.5 Å². The molecule has 0 saturated carbocycles. The van der Waals surface area contributed by atoms with Gasteiger partial charge in [0.1, 0.15) is 0 Å². The number of carbonyl (C=O) groups is 1. The zero-order valence-electron chi connectivity index (χ0n) is 11.1. The summed E-state index contributed by atoms with van der Waals surface area (Å²) in [7, 11) is 0. The van der Waals surface area contributed by atoms with Crippen LogP contribution in [0.4, 0.5) is 0 Å². The molecule has 1 N–H and O–H groups in total. The van der Waals surface area contributed by atoms with E-state index < -0.39 is 0 Å². The Morgan fingerprint density at radius 3 is 2.40 bits per heavy atom. The fourth-order valence-electron chi connectivity index (χ4n) is 1.67. The highest BCUT2D eigenvalue weighted by atomic mass is 79.9. The van der Waals surface area contributed by atoms with E-state index in [-0.39, 0.29) is 5.91 Å². The van der Waals surface area contributed by atoms with Crippen molar-refractivity contribution in [2.75, 3.05) is 0 Å². The molecule has 0 spiro atoms. The Bertz CT molecular complexity index is 603. The molecule has 2 rings (SSSR count). The van der Waals surface area contributed by atoms with Crippen molar-refractivity contribution < 1.29 is 4.79 Å². The van der Waals surface area contributed by atoms with Gasteiger partial charge in [0, 0.05) is 10.0 Å². The number of halogens is 1. The standard InChI is InChI=1S/C16H15BrN2O/c1-2-12-3-7-14(8-4-12)16(20)19-18-11-13-5-9-15(17)10-6-13/h3-11H,2H2,1H3,(H,19,20)/b18-11-. The van der Waals surface area contributed by atoms with E-state index in [0.717, 1.165) is 16.5 Å². The number of carbonyl (C=O) groups excluding carboxylic acids is 1. The highest BCUT2D eigenvalue weighted by Crippen LogP contribution is 2.09. The Balaban J connectivity index is 1.95. The van der Waals surface area contributed by atoms with Gasteiger partial charge in [0.25, 0.3) is 5.91 Å². The summed E-state index contributed by atoms with van der Waals surface area (Å²) in [4.78, 5) is 11.9. The van der Waals surface area contributed by atoms with Crippen LogP contribution in [0.5, 0.6) is 0 Å². The first-order chi connectivity index (χ1) is 9.69. The predicted octanol–water partition coefficient (Wildman–Crippen LogP) is 3.78. The lowest BCUT2D eigenvalue weighted by Gasteiger charge is -2.01. The summed E-state index contributed by atoms with van der Waals surface area (Å²) in [5.74, 6) is -0.207. The summed E-state index contributed by atoms with van der Waals surface area (Å²) in [6, 6.07) is 15.2. The molecular formula is C16H15BrN2O. The summed E-state index contributed by atoms with van der Waals surface area (Å²) >= 11 is 3.36. The Labute approximate surface area is 126 Å². The third-order valence-electron chi connectivity index (χ3n) is 2.87. The van der Waals surface area contributed by atoms with Gasteiger partial charge in [0.15, 0.2) is 0 Å². The fourth-order valence-corrected chi connectivity index (χ4v) is 1.93. The number of rotatable bonds is 4. The van der Waals surface area contributed by atoms with Gasteiger partial charge in [-0.3, -0.25) is 4.79 Å². The van der Waals surface area contributed by atoms with Crippen molar-refractivity contribution in [2.24, 2.45) is 5.10 Å². The Kier molecular flexibility index (Phi) is 5.07. The second kappa shape index (κ2) is 7.01. The number of nitrogens with zero attached hydrogens (tertiary/aromatic N) is 1. The molecule has 1 amide bonds. The normalized spacial score (nSPS) is 10.7. The molecule has 0 unspecified atom stereocenters. The third kappa shape index (κ3) is 4.03. The molecule has 0 atom stereocenters. The van der Waals surface area contributed by atoms with Crippen LogP contribution in [0.15, 0.2) is 58.1 Å². The highest BCUT2D eigenvalue weighted by molar-refractivity contribution is 9.10. The minimum Gasteiger partial charge on any atom is -0.267 e. The van der Waals surface area contributed by atoms with Gasteiger partial charge in [-0.1, -0.05) is 47.1 Å². The second-order valence-electron chi connectivity index (χ2n) is 4.30. The largest absolute Gasteiger partial charge is 0.271 e. The van der Waals surface area contributed by atoms with E-state index in [0.29, 0.717) is 5.56 Å². The van der Waals surface area contributed by atoms with Gasteiger partial charge in [-0.15, -0.1) is 0 Å². The van der Waals surface area contributed by atoms with Crippen molar-refractivity contribution in [3.8, 4) is 0 Å². The molecule has 20 heavy (non-hydrogen) atoms. The zero-order valence-corrected chi connectivity index (χ0v) is 12.7. The minimum absolute atomic E-state index is 0.207. The summed E-state index contributed by atoms with van der Waals surface area (Å²) in [6.45, 7) is 2.08. The molecule has 0 aliphatic carbocycles. The number of hydrogen-bond donors (Lipinski definition) is 1. The summed E-state index contributed by atoms with van der Waals surface area (Å²) in [5, 5.41) is 3.95. The average molecular weight is 331 g/mol. The fraction of sp³-hybridized carbons (Fsp3) is 0.125. The zero-order chi connectivity index (χ0) is 14.4. The van der Waals surface area contributed by atoms with E-state index in [1.807, 2.05) is 48.5 Å². The van der Waals surface area contributed by atoms with E-state index in [4.69, 9.17) is 0 Å². The highest BCUT2D eigenvalue weighted by Gasteiger charge is 2.03. The van der Waals surface area contributed by atoms with Crippen LogP contribution >= 0.6 is 15.9 Å². The molecule has 4 heteroatoms. The van der Waals surface area contributed by atoms with E-state index in [1.54, 1.807) is 6.21 Å². The van der Waals surface area contributed by atoms with Crippen molar-refractivity contribution in [1.82, 2.24) is 5.43 Å². The van der Waals surface area contributed by atoms with Gasteiger partial charge in [0.05, 0.1) is 6.21 Å². The van der Waals surface area contributed by atoms with Gasteiger partial charge in [-0.05, 0) is 41.8 Å². The first-order valence-corrected chi connectivity index (χ1v) is 7.16. The first kappa shape index (κ1) is 14.5. The molecule has 2 aromatic rings. The van der Waals surface area contributed by atoms with Crippen molar-refractivity contribution >= 4 is 28.1 Å². The Hall–Kier alpha value is -1.94. The van der Waals surface area contributed by atoms with Crippen LogP contribution in [-0.2, 0) is 6.42 Å². The van der Waals surface area contributed by atoms with Crippen LogP contribution < -0.4 is 5.43 Å². The van der Waals surface area contributed by atoms with Gasteiger partial charge >= 0.3 is 0 Å². The molecular weight excluding hydrogens is 316 g/mol. The number of hydrazone groups is 1. The minimum atomic E-state index is -0.207. The van der Waals surface area contributed by atoms with Gasteiger partial charge < -0.3 is 0 Å². The third-order valence-corrected chi connectivity index (χ3v) is 3.40. The SMILES string of the molecule is CCc1ccc(C(=O)N/N=C\c2ccc(Br)cc2)cc1. The van der Waals surface area contributed by atoms with Gasteiger partial charge in [0.2, 0.25) is 0 Å². The number of hydrogen-bond acceptors (Lipinski definition) is 2. The van der Waals surface area contributed by atoms with Crippen LogP contribution in [-0.4, -0.2) is 12.1 Å². The second-order valence-corrected chi connectivity index (χ2v) is 5.22. The van der Waals surface area contributed by atoms with Crippen LogP contribution in [0.25, 0.3) is 0 Å². The van der Waals surface area contributed by atoms with Gasteiger partial charge in [-0.2, -0.15) is 5.10 Å². The first-order valence-electron chi connectivity index (χ1n) is 6.37. The van der Waals surface area contributed by atoms with Crippen molar-refractivity contribution in [3.05, 3.63) is 69.7 Å². The maximum Gasteiger partial charge on any atom is 0.271 e. The molecule has 0 aliphatic heterocycles. The molecule has 0 fully saturated rings. The molecule has 0 aliphatic rings. The van der Waals surface area contributed by atoms with Crippen molar-refractivity contribution in [3.63, 3.8) is 0 Å². The maximum absolute atomic E-state index is 11.9. The average Bonchev–Trinajstić information content (AvgIpc) is 2.49. The van der Waals surface area contributed by atoms with E-state index in [9.17, 15) is 4.79 Å². The van der Waals surface area contributed by atoms with Crippen LogP contribution in [0, 0.1) is 0 Å². The maximum atomic E-state index is 11.9. The summed E-state index contributed by atoms with van der Waals surface area (Å²) in [6.07, 6.45) is 2.58. The Morgan fingerprint density at radius 2 is 1.80 bits per heavy atom. The predicted molar refractivity (Wildman–Crippen MR) is 85.0 cm³/mol. The summed E-state index contributed by atoms with van der Waals surface area (Å²) in [5.41, 5.74) is 5.26. The summed E-state index contributed by atoms with van der Waals surface area (Å²) < 4.78 is 1.01. The van der Waals surface area contributed by atoms with Gasteiger partial charge in [-0.25, -0.2) is 5.43 Å². The van der Waals surface area contributed by atoms with E-state index in [2.05, 4.69) is 33.4 Å². The molecule has 2 aromatic carbocycles. The Morgan fingerprint density at radius 1 is 1.15 bits per heavy atom. The molecule has 0 heterocycles. The smallest absolute Gasteiger partial charge is 0.267 e. The lowest BCUT2D eigenvalue weighted by molar-refractivity contribution is 0.0955. The quantitative estimate of drug-likeness (QED) is 0.672. The van der Waals surface area contributed by atoms with Crippen LogP contribution in [0.2, 0.25) is 0 Å². The monoisotopic (exact) mass is 330 g/mol.